The lowest BCUT2D eigenvalue weighted by Crippen LogP contribution is -2.42. The Kier molecular flexibility index (Phi) is 4.74. The van der Waals surface area contributed by atoms with Crippen molar-refractivity contribution >= 4 is 33.2 Å². The average molecular weight is 323 g/mol. The van der Waals surface area contributed by atoms with E-state index in [0.717, 1.165) is 12.8 Å². The smallest absolute Gasteiger partial charge is 0.246 e. The predicted molar refractivity (Wildman–Crippen MR) is 77.0 cm³/mol. The third kappa shape index (κ3) is 3.06. The number of rotatable bonds is 3. The number of hydrogen-bond acceptors (Lipinski definition) is 3. The molecule has 0 radical (unpaired) electrons. The quantitative estimate of drug-likeness (QED) is 0.929. The summed E-state index contributed by atoms with van der Waals surface area (Å²) in [4.78, 5) is -0.00370. The van der Waals surface area contributed by atoms with Gasteiger partial charge in [0.05, 0.1) is 10.0 Å². The topological polar surface area (TPSA) is 63.4 Å². The number of halogens is 2. The Labute approximate surface area is 123 Å². The van der Waals surface area contributed by atoms with Gasteiger partial charge in [-0.2, -0.15) is 4.31 Å². The van der Waals surface area contributed by atoms with E-state index in [2.05, 4.69) is 0 Å². The van der Waals surface area contributed by atoms with Gasteiger partial charge in [0.1, 0.15) is 4.90 Å². The first-order valence-corrected chi connectivity index (χ1v) is 8.30. The highest BCUT2D eigenvalue weighted by Gasteiger charge is 2.32. The standard InChI is InChI=1S/C12H16Cl2N2O2S/c13-10-4-1-5-11(14)12(10)19(17,18)16-6-2-3-9(7-15)8-16/h1,4-5,9H,2-3,6-8,15H2. The molecule has 0 amide bonds. The second-order valence-electron chi connectivity index (χ2n) is 4.66. The molecule has 1 fully saturated rings. The summed E-state index contributed by atoms with van der Waals surface area (Å²) in [5.41, 5.74) is 5.63. The van der Waals surface area contributed by atoms with Crippen LogP contribution < -0.4 is 5.73 Å². The van der Waals surface area contributed by atoms with Crippen molar-refractivity contribution in [1.82, 2.24) is 4.31 Å². The molecule has 1 aromatic carbocycles. The molecular formula is C12H16Cl2N2O2S. The van der Waals surface area contributed by atoms with E-state index in [0.29, 0.717) is 19.6 Å². The van der Waals surface area contributed by atoms with E-state index in [4.69, 9.17) is 28.9 Å². The molecule has 1 heterocycles. The fourth-order valence-electron chi connectivity index (χ4n) is 2.30. The number of nitrogens with zero attached hydrogens (tertiary/aromatic N) is 1. The Balaban J connectivity index is 2.37. The van der Waals surface area contributed by atoms with Gasteiger partial charge in [-0.1, -0.05) is 29.3 Å². The summed E-state index contributed by atoms with van der Waals surface area (Å²) in [6.07, 6.45) is 1.77. The third-order valence-electron chi connectivity index (χ3n) is 3.33. The molecule has 1 aromatic rings. The van der Waals surface area contributed by atoms with Gasteiger partial charge in [0, 0.05) is 13.1 Å². The summed E-state index contributed by atoms with van der Waals surface area (Å²) in [5, 5.41) is 0.310. The van der Waals surface area contributed by atoms with Gasteiger partial charge in [-0.05, 0) is 37.4 Å². The highest BCUT2D eigenvalue weighted by Crippen LogP contribution is 2.33. The lowest BCUT2D eigenvalue weighted by Gasteiger charge is -2.31. The molecule has 0 aliphatic carbocycles. The van der Waals surface area contributed by atoms with Crippen LogP contribution in [0.3, 0.4) is 0 Å². The van der Waals surface area contributed by atoms with Gasteiger partial charge in [-0.15, -0.1) is 0 Å². The normalized spacial score (nSPS) is 21.5. The van der Waals surface area contributed by atoms with Crippen LogP contribution >= 0.6 is 23.2 Å². The van der Waals surface area contributed by atoms with Crippen LogP contribution in [0.4, 0.5) is 0 Å². The summed E-state index contributed by atoms with van der Waals surface area (Å²) < 4.78 is 26.6. The summed E-state index contributed by atoms with van der Waals surface area (Å²) in [6, 6.07) is 4.69. The van der Waals surface area contributed by atoms with E-state index < -0.39 is 10.0 Å². The van der Waals surface area contributed by atoms with Crippen molar-refractivity contribution in [1.29, 1.82) is 0 Å². The van der Waals surface area contributed by atoms with Crippen LogP contribution in [0.5, 0.6) is 0 Å². The van der Waals surface area contributed by atoms with E-state index >= 15 is 0 Å². The molecule has 0 bridgehead atoms. The predicted octanol–water partition coefficient (Wildman–Crippen LogP) is 2.35. The van der Waals surface area contributed by atoms with Crippen molar-refractivity contribution in [3.8, 4) is 0 Å². The molecule has 1 saturated heterocycles. The van der Waals surface area contributed by atoms with Crippen molar-refractivity contribution < 1.29 is 8.42 Å². The van der Waals surface area contributed by atoms with Crippen LogP contribution in [0.2, 0.25) is 10.0 Å². The van der Waals surface area contributed by atoms with E-state index in [1.807, 2.05) is 0 Å². The molecule has 2 N–H and O–H groups in total. The van der Waals surface area contributed by atoms with Crippen molar-refractivity contribution in [2.24, 2.45) is 11.7 Å². The molecule has 106 valence electrons. The third-order valence-corrected chi connectivity index (χ3v) is 6.15. The molecule has 0 aromatic heterocycles. The lowest BCUT2D eigenvalue weighted by molar-refractivity contribution is 0.271. The van der Waals surface area contributed by atoms with Crippen molar-refractivity contribution in [3.05, 3.63) is 28.2 Å². The van der Waals surface area contributed by atoms with E-state index in [9.17, 15) is 8.42 Å². The molecule has 19 heavy (non-hydrogen) atoms. The molecular weight excluding hydrogens is 307 g/mol. The van der Waals surface area contributed by atoms with Gasteiger partial charge in [0.2, 0.25) is 10.0 Å². The van der Waals surface area contributed by atoms with E-state index in [1.54, 1.807) is 6.07 Å². The van der Waals surface area contributed by atoms with Gasteiger partial charge in [-0.25, -0.2) is 8.42 Å². The fraction of sp³-hybridized carbons (Fsp3) is 0.500. The molecule has 1 unspecified atom stereocenters. The number of piperidine rings is 1. The first-order valence-electron chi connectivity index (χ1n) is 6.11. The monoisotopic (exact) mass is 322 g/mol. The molecule has 1 aliphatic heterocycles. The Hall–Kier alpha value is -0.330. The number of sulfonamides is 1. The number of nitrogens with two attached hydrogens (primary N) is 1. The fourth-order valence-corrected chi connectivity index (χ4v) is 4.94. The van der Waals surface area contributed by atoms with Crippen LogP contribution in [0, 0.1) is 5.92 Å². The average Bonchev–Trinajstić information content (AvgIpc) is 2.38. The summed E-state index contributed by atoms with van der Waals surface area (Å²) in [5.74, 6) is 0.199. The lowest BCUT2D eigenvalue weighted by atomic mass is 10.0. The maximum Gasteiger partial charge on any atom is 0.246 e. The zero-order chi connectivity index (χ0) is 14.0. The zero-order valence-corrected chi connectivity index (χ0v) is 12.7. The van der Waals surface area contributed by atoms with Gasteiger partial charge >= 0.3 is 0 Å². The molecule has 1 atom stereocenters. The molecule has 2 rings (SSSR count). The summed E-state index contributed by atoms with van der Waals surface area (Å²) in [6.45, 7) is 1.41. The highest BCUT2D eigenvalue weighted by molar-refractivity contribution is 7.89. The highest BCUT2D eigenvalue weighted by atomic mass is 35.5. The second kappa shape index (κ2) is 5.97. The Morgan fingerprint density at radius 2 is 1.95 bits per heavy atom. The SMILES string of the molecule is NCC1CCCN(S(=O)(=O)c2c(Cl)cccc2Cl)C1. The number of benzene rings is 1. The minimum Gasteiger partial charge on any atom is -0.330 e. The first-order chi connectivity index (χ1) is 8.96. The molecule has 0 saturated carbocycles. The van der Waals surface area contributed by atoms with Crippen molar-refractivity contribution in [2.45, 2.75) is 17.7 Å². The van der Waals surface area contributed by atoms with Crippen LogP contribution in [0.15, 0.2) is 23.1 Å². The molecule has 1 aliphatic rings. The molecule has 0 spiro atoms. The summed E-state index contributed by atoms with van der Waals surface area (Å²) in [7, 11) is -3.65. The van der Waals surface area contributed by atoms with Gasteiger partial charge in [-0.3, -0.25) is 0 Å². The molecule has 4 nitrogen and oxygen atoms in total. The van der Waals surface area contributed by atoms with Gasteiger partial charge in [0.15, 0.2) is 0 Å². The molecule has 7 heteroatoms. The van der Waals surface area contributed by atoms with Gasteiger partial charge in [0.25, 0.3) is 0 Å². The largest absolute Gasteiger partial charge is 0.330 e. The first kappa shape index (κ1) is 15.1. The van der Waals surface area contributed by atoms with E-state index in [1.165, 1.54) is 16.4 Å². The number of hydrogen-bond donors (Lipinski definition) is 1. The minimum absolute atomic E-state index is 0.00370. The Bertz CT molecular complexity index is 543. The van der Waals surface area contributed by atoms with Crippen LogP contribution in [-0.4, -0.2) is 32.4 Å². The van der Waals surface area contributed by atoms with Crippen LogP contribution in [0.25, 0.3) is 0 Å². The Morgan fingerprint density at radius 3 is 2.53 bits per heavy atom. The Morgan fingerprint density at radius 1 is 1.32 bits per heavy atom. The van der Waals surface area contributed by atoms with Gasteiger partial charge < -0.3 is 5.73 Å². The van der Waals surface area contributed by atoms with Crippen LogP contribution in [0.1, 0.15) is 12.8 Å². The van der Waals surface area contributed by atoms with Crippen molar-refractivity contribution in [2.75, 3.05) is 19.6 Å². The van der Waals surface area contributed by atoms with Crippen LogP contribution in [-0.2, 0) is 10.0 Å². The summed E-state index contributed by atoms with van der Waals surface area (Å²) >= 11 is 12.0. The maximum absolute atomic E-state index is 12.6. The maximum atomic E-state index is 12.6. The zero-order valence-electron chi connectivity index (χ0n) is 10.4. The minimum atomic E-state index is -3.65. The second-order valence-corrected chi connectivity index (χ2v) is 7.35. The van der Waals surface area contributed by atoms with E-state index in [-0.39, 0.29) is 20.9 Å². The van der Waals surface area contributed by atoms with Crippen molar-refractivity contribution in [3.63, 3.8) is 0 Å².